The van der Waals surface area contributed by atoms with Gasteiger partial charge in [0.2, 0.25) is 0 Å². The van der Waals surface area contributed by atoms with Crippen LogP contribution in [0.4, 0.5) is 8.78 Å². The maximum atomic E-state index is 12.4. The van der Waals surface area contributed by atoms with Crippen LogP contribution in [0.1, 0.15) is 32.8 Å². The lowest BCUT2D eigenvalue weighted by Gasteiger charge is -2.24. The molecule has 1 aromatic carbocycles. The number of carbonyl (C=O) groups is 1. The van der Waals surface area contributed by atoms with Crippen LogP contribution in [0.5, 0.6) is 5.75 Å². The quantitative estimate of drug-likeness (QED) is 0.760. The first kappa shape index (κ1) is 14.4. The molecule has 0 bridgehead atoms. The molecule has 0 unspecified atom stereocenters. The Kier molecular flexibility index (Phi) is 4.64. The summed E-state index contributed by atoms with van der Waals surface area (Å²) < 4.78 is 35.0. The summed E-state index contributed by atoms with van der Waals surface area (Å²) in [6.45, 7) is 5.08. The molecule has 0 aliphatic carbocycles. The predicted molar refractivity (Wildman–Crippen MR) is 62.7 cm³/mol. The van der Waals surface area contributed by atoms with E-state index in [4.69, 9.17) is 9.47 Å². The van der Waals surface area contributed by atoms with Crippen molar-refractivity contribution in [3.8, 4) is 5.75 Å². The molecular formula is C13H16F2O3. The molecule has 0 N–H and O–H groups in total. The van der Waals surface area contributed by atoms with Crippen LogP contribution in [0.2, 0.25) is 0 Å². The van der Waals surface area contributed by atoms with Crippen LogP contribution in [-0.4, -0.2) is 18.2 Å². The Morgan fingerprint density at radius 3 is 2.28 bits per heavy atom. The molecule has 3 nitrogen and oxygen atoms in total. The highest BCUT2D eigenvalue weighted by Crippen LogP contribution is 2.24. The van der Waals surface area contributed by atoms with Crippen molar-refractivity contribution in [3.05, 3.63) is 29.8 Å². The number of alkyl halides is 2. The molecule has 0 fully saturated rings. The maximum Gasteiger partial charge on any atom is 0.349 e. The average molecular weight is 258 g/mol. The van der Waals surface area contributed by atoms with Crippen molar-refractivity contribution < 1.29 is 23.0 Å². The van der Waals surface area contributed by atoms with Crippen molar-refractivity contribution in [3.63, 3.8) is 0 Å². The van der Waals surface area contributed by atoms with Crippen LogP contribution in [0.3, 0.4) is 0 Å². The van der Waals surface area contributed by atoms with Gasteiger partial charge in [0.15, 0.2) is 5.60 Å². The fourth-order valence-corrected chi connectivity index (χ4v) is 1.32. The third kappa shape index (κ3) is 3.68. The van der Waals surface area contributed by atoms with E-state index in [0.717, 1.165) is 0 Å². The lowest BCUT2D eigenvalue weighted by molar-refractivity contribution is -0.158. The molecule has 1 rings (SSSR count). The highest BCUT2D eigenvalue weighted by Gasteiger charge is 2.31. The summed E-state index contributed by atoms with van der Waals surface area (Å²) >= 11 is 0. The summed E-state index contributed by atoms with van der Waals surface area (Å²) in [6, 6.07) is 5.34. The normalized spacial score (nSPS) is 11.4. The van der Waals surface area contributed by atoms with Gasteiger partial charge in [0, 0.05) is 5.56 Å². The van der Waals surface area contributed by atoms with E-state index in [0.29, 0.717) is 5.75 Å². The number of halogens is 2. The minimum atomic E-state index is -2.52. The van der Waals surface area contributed by atoms with Gasteiger partial charge in [0.05, 0.1) is 6.61 Å². The molecule has 0 saturated heterocycles. The molecule has 0 saturated carbocycles. The van der Waals surface area contributed by atoms with Gasteiger partial charge in [0.25, 0.3) is 6.43 Å². The first-order chi connectivity index (χ1) is 8.36. The SMILES string of the molecule is CCOC(=O)C(C)(C)Oc1ccc(C(F)F)cc1. The van der Waals surface area contributed by atoms with E-state index in [2.05, 4.69) is 0 Å². The molecule has 0 aromatic heterocycles. The predicted octanol–water partition coefficient (Wildman–Crippen LogP) is 3.34. The first-order valence-electron chi connectivity index (χ1n) is 5.61. The standard InChI is InChI=1S/C13H16F2O3/c1-4-17-12(16)13(2,3)18-10-7-5-9(6-8-10)11(14)15/h5-8,11H,4H2,1-3H3. The van der Waals surface area contributed by atoms with Gasteiger partial charge >= 0.3 is 5.97 Å². The first-order valence-corrected chi connectivity index (χ1v) is 5.61. The highest BCUT2D eigenvalue weighted by atomic mass is 19.3. The molecule has 0 amide bonds. The van der Waals surface area contributed by atoms with Crippen LogP contribution < -0.4 is 4.74 Å². The minimum Gasteiger partial charge on any atom is -0.476 e. The van der Waals surface area contributed by atoms with Gasteiger partial charge in [-0.1, -0.05) is 0 Å². The van der Waals surface area contributed by atoms with Crippen molar-refractivity contribution >= 4 is 5.97 Å². The summed E-state index contributed by atoms with van der Waals surface area (Å²) in [5.41, 5.74) is -1.24. The topological polar surface area (TPSA) is 35.5 Å². The largest absolute Gasteiger partial charge is 0.476 e. The summed E-state index contributed by atoms with van der Waals surface area (Å²) in [6.07, 6.45) is -2.52. The number of hydrogen-bond acceptors (Lipinski definition) is 3. The number of esters is 1. The molecule has 0 heterocycles. The van der Waals surface area contributed by atoms with Crippen LogP contribution in [-0.2, 0) is 9.53 Å². The molecule has 0 atom stereocenters. The third-order valence-corrected chi connectivity index (χ3v) is 2.27. The van der Waals surface area contributed by atoms with Gasteiger partial charge < -0.3 is 9.47 Å². The second-order valence-electron chi connectivity index (χ2n) is 4.20. The Morgan fingerprint density at radius 2 is 1.83 bits per heavy atom. The zero-order valence-corrected chi connectivity index (χ0v) is 10.6. The zero-order chi connectivity index (χ0) is 13.8. The van der Waals surface area contributed by atoms with E-state index in [9.17, 15) is 13.6 Å². The Morgan fingerprint density at radius 1 is 1.28 bits per heavy atom. The molecular weight excluding hydrogens is 242 g/mol. The molecule has 100 valence electrons. The Balaban J connectivity index is 2.75. The monoisotopic (exact) mass is 258 g/mol. The Hall–Kier alpha value is -1.65. The van der Waals surface area contributed by atoms with Crippen molar-refractivity contribution in [2.45, 2.75) is 32.8 Å². The summed E-state index contributed by atoms with van der Waals surface area (Å²) in [5.74, 6) is -0.152. The molecule has 0 radical (unpaired) electrons. The lowest BCUT2D eigenvalue weighted by Crippen LogP contribution is -2.39. The van der Waals surface area contributed by atoms with Crippen LogP contribution >= 0.6 is 0 Å². The van der Waals surface area contributed by atoms with Gasteiger partial charge in [-0.2, -0.15) is 0 Å². The number of carbonyl (C=O) groups excluding carboxylic acids is 1. The van der Waals surface area contributed by atoms with Gasteiger partial charge in [-0.05, 0) is 45.0 Å². The summed E-state index contributed by atoms with van der Waals surface area (Å²) in [4.78, 5) is 11.6. The number of ether oxygens (including phenoxy) is 2. The van der Waals surface area contributed by atoms with E-state index >= 15 is 0 Å². The van der Waals surface area contributed by atoms with E-state index in [1.807, 2.05) is 0 Å². The summed E-state index contributed by atoms with van der Waals surface area (Å²) in [5, 5.41) is 0. The highest BCUT2D eigenvalue weighted by molar-refractivity contribution is 5.79. The second-order valence-corrected chi connectivity index (χ2v) is 4.20. The molecule has 0 aliphatic rings. The molecule has 1 aromatic rings. The van der Waals surface area contributed by atoms with Crippen LogP contribution in [0, 0.1) is 0 Å². The van der Waals surface area contributed by atoms with Crippen LogP contribution in [0.25, 0.3) is 0 Å². The van der Waals surface area contributed by atoms with Gasteiger partial charge in [0.1, 0.15) is 5.75 Å². The maximum absolute atomic E-state index is 12.4. The van der Waals surface area contributed by atoms with E-state index in [-0.39, 0.29) is 12.2 Å². The summed E-state index contributed by atoms with van der Waals surface area (Å²) in [7, 11) is 0. The molecule has 0 aliphatic heterocycles. The number of rotatable bonds is 5. The number of benzene rings is 1. The third-order valence-electron chi connectivity index (χ3n) is 2.27. The van der Waals surface area contributed by atoms with E-state index < -0.39 is 18.0 Å². The average Bonchev–Trinajstić information content (AvgIpc) is 2.29. The second kappa shape index (κ2) is 5.80. The van der Waals surface area contributed by atoms with Crippen molar-refractivity contribution in [2.75, 3.05) is 6.61 Å². The smallest absolute Gasteiger partial charge is 0.349 e. The lowest BCUT2D eigenvalue weighted by atomic mass is 10.1. The van der Waals surface area contributed by atoms with E-state index in [1.165, 1.54) is 24.3 Å². The van der Waals surface area contributed by atoms with Crippen LogP contribution in [0.15, 0.2) is 24.3 Å². The Labute approximate surface area is 105 Å². The minimum absolute atomic E-state index is 0.0868. The molecule has 0 spiro atoms. The molecule has 18 heavy (non-hydrogen) atoms. The van der Waals surface area contributed by atoms with Crippen molar-refractivity contribution in [2.24, 2.45) is 0 Å². The van der Waals surface area contributed by atoms with Crippen molar-refractivity contribution in [1.82, 2.24) is 0 Å². The zero-order valence-electron chi connectivity index (χ0n) is 10.6. The van der Waals surface area contributed by atoms with Crippen molar-refractivity contribution in [1.29, 1.82) is 0 Å². The number of hydrogen-bond donors (Lipinski definition) is 0. The van der Waals surface area contributed by atoms with E-state index in [1.54, 1.807) is 20.8 Å². The van der Waals surface area contributed by atoms with Gasteiger partial charge in [-0.15, -0.1) is 0 Å². The van der Waals surface area contributed by atoms with Gasteiger partial charge in [-0.3, -0.25) is 0 Å². The fourth-order valence-electron chi connectivity index (χ4n) is 1.32. The fraction of sp³-hybridized carbons (Fsp3) is 0.462. The Bertz CT molecular complexity index is 399. The molecule has 5 heteroatoms. The van der Waals surface area contributed by atoms with Gasteiger partial charge in [-0.25, -0.2) is 13.6 Å².